The van der Waals surface area contributed by atoms with Crippen molar-refractivity contribution in [3.8, 4) is 5.75 Å². The zero-order chi connectivity index (χ0) is 12.3. The number of hydrogen-bond donors (Lipinski definition) is 1. The van der Waals surface area contributed by atoms with E-state index in [9.17, 15) is 0 Å². The minimum atomic E-state index is -0.0802. The van der Waals surface area contributed by atoms with Crippen LogP contribution < -0.4 is 10.5 Å². The number of hydrogen-bond acceptors (Lipinski definition) is 3. The molecular formula is C13H14BrNO2. The van der Waals surface area contributed by atoms with Crippen LogP contribution in [0.2, 0.25) is 0 Å². The van der Waals surface area contributed by atoms with Gasteiger partial charge in [-0.1, -0.05) is 6.07 Å². The molecule has 17 heavy (non-hydrogen) atoms. The summed E-state index contributed by atoms with van der Waals surface area (Å²) >= 11 is 3.45. The molecule has 2 aromatic rings. The lowest BCUT2D eigenvalue weighted by atomic mass is 10.0. The van der Waals surface area contributed by atoms with E-state index in [2.05, 4.69) is 15.9 Å². The number of nitrogens with two attached hydrogens (primary N) is 1. The van der Waals surface area contributed by atoms with Gasteiger partial charge in [-0.15, -0.1) is 0 Å². The van der Waals surface area contributed by atoms with E-state index in [1.54, 1.807) is 13.4 Å². The zero-order valence-corrected chi connectivity index (χ0v) is 11.1. The Bertz CT molecular complexity index is 482. The topological polar surface area (TPSA) is 48.4 Å². The first-order chi connectivity index (χ1) is 8.20. The van der Waals surface area contributed by atoms with Gasteiger partial charge in [0.15, 0.2) is 0 Å². The molecule has 0 radical (unpaired) electrons. The summed E-state index contributed by atoms with van der Waals surface area (Å²) in [6, 6.07) is 9.57. The third kappa shape index (κ3) is 2.90. The summed E-state index contributed by atoms with van der Waals surface area (Å²) in [5.74, 6) is 1.70. The highest BCUT2D eigenvalue weighted by Gasteiger charge is 2.11. The fraction of sp³-hybridized carbons (Fsp3) is 0.231. The van der Waals surface area contributed by atoms with E-state index in [-0.39, 0.29) is 6.04 Å². The second-order valence-corrected chi connectivity index (χ2v) is 4.64. The molecular weight excluding hydrogens is 282 g/mol. The van der Waals surface area contributed by atoms with Gasteiger partial charge < -0.3 is 14.9 Å². The number of furan rings is 1. The molecule has 4 heteroatoms. The maximum absolute atomic E-state index is 6.12. The Morgan fingerprint density at radius 3 is 2.82 bits per heavy atom. The quantitative estimate of drug-likeness (QED) is 0.941. The first-order valence-corrected chi connectivity index (χ1v) is 6.11. The molecule has 0 aliphatic rings. The average molecular weight is 296 g/mol. The lowest BCUT2D eigenvalue weighted by Gasteiger charge is -2.12. The minimum Gasteiger partial charge on any atom is -0.496 e. The van der Waals surface area contributed by atoms with E-state index in [1.807, 2.05) is 30.3 Å². The van der Waals surface area contributed by atoms with Crippen molar-refractivity contribution in [3.63, 3.8) is 0 Å². The molecule has 1 atom stereocenters. The lowest BCUT2D eigenvalue weighted by molar-refractivity contribution is 0.411. The maximum Gasteiger partial charge on any atom is 0.133 e. The molecule has 1 aromatic heterocycles. The van der Waals surface area contributed by atoms with Crippen LogP contribution in [0.15, 0.2) is 45.5 Å². The molecule has 0 saturated heterocycles. The molecule has 1 unspecified atom stereocenters. The molecule has 1 heterocycles. The molecule has 0 aliphatic heterocycles. The predicted molar refractivity (Wildman–Crippen MR) is 70.0 cm³/mol. The first kappa shape index (κ1) is 12.2. The Hall–Kier alpha value is -1.26. The summed E-state index contributed by atoms with van der Waals surface area (Å²) < 4.78 is 11.4. The third-order valence-corrected chi connectivity index (χ3v) is 3.22. The van der Waals surface area contributed by atoms with Crippen molar-refractivity contribution in [1.29, 1.82) is 0 Å². The summed E-state index contributed by atoms with van der Waals surface area (Å²) in [6.07, 6.45) is 2.35. The SMILES string of the molecule is COc1ccc(C(N)Cc2ccco2)cc1Br. The van der Waals surface area contributed by atoms with E-state index < -0.39 is 0 Å². The van der Waals surface area contributed by atoms with Gasteiger partial charge in [0.05, 0.1) is 17.8 Å². The molecule has 0 fully saturated rings. The highest BCUT2D eigenvalue weighted by molar-refractivity contribution is 9.10. The smallest absolute Gasteiger partial charge is 0.133 e. The predicted octanol–water partition coefficient (Wildman–Crippen LogP) is 3.29. The molecule has 2 rings (SSSR count). The van der Waals surface area contributed by atoms with E-state index in [0.717, 1.165) is 21.5 Å². The van der Waals surface area contributed by atoms with Gasteiger partial charge in [0.2, 0.25) is 0 Å². The molecule has 3 nitrogen and oxygen atoms in total. The number of methoxy groups -OCH3 is 1. The van der Waals surface area contributed by atoms with Crippen LogP contribution in [-0.4, -0.2) is 7.11 Å². The van der Waals surface area contributed by atoms with Crippen molar-refractivity contribution in [1.82, 2.24) is 0 Å². The summed E-state index contributed by atoms with van der Waals surface area (Å²) in [4.78, 5) is 0. The number of benzene rings is 1. The van der Waals surface area contributed by atoms with Crippen LogP contribution in [0.25, 0.3) is 0 Å². The number of halogens is 1. The van der Waals surface area contributed by atoms with E-state index in [4.69, 9.17) is 14.9 Å². The third-order valence-electron chi connectivity index (χ3n) is 2.61. The summed E-state index contributed by atoms with van der Waals surface area (Å²) in [7, 11) is 1.64. The van der Waals surface area contributed by atoms with Gasteiger partial charge in [-0.25, -0.2) is 0 Å². The van der Waals surface area contributed by atoms with Gasteiger partial charge in [-0.2, -0.15) is 0 Å². The van der Waals surface area contributed by atoms with Crippen LogP contribution in [0.4, 0.5) is 0 Å². The second-order valence-electron chi connectivity index (χ2n) is 3.78. The van der Waals surface area contributed by atoms with E-state index in [1.165, 1.54) is 0 Å². The Balaban J connectivity index is 2.14. The Morgan fingerprint density at radius 2 is 2.24 bits per heavy atom. The van der Waals surface area contributed by atoms with Crippen LogP contribution in [0.5, 0.6) is 5.75 Å². The summed E-state index contributed by atoms with van der Waals surface area (Å²) in [5.41, 5.74) is 7.18. The number of rotatable bonds is 4. The van der Waals surface area contributed by atoms with Gasteiger partial charge in [0.1, 0.15) is 11.5 Å². The average Bonchev–Trinajstić information content (AvgIpc) is 2.81. The lowest BCUT2D eigenvalue weighted by Crippen LogP contribution is -2.13. The van der Waals surface area contributed by atoms with Crippen molar-refractivity contribution in [2.45, 2.75) is 12.5 Å². The minimum absolute atomic E-state index is 0.0802. The second kappa shape index (κ2) is 5.38. The van der Waals surface area contributed by atoms with Crippen LogP contribution in [0, 0.1) is 0 Å². The van der Waals surface area contributed by atoms with Gasteiger partial charge >= 0.3 is 0 Å². The van der Waals surface area contributed by atoms with Crippen molar-refractivity contribution >= 4 is 15.9 Å². The van der Waals surface area contributed by atoms with Crippen molar-refractivity contribution in [3.05, 3.63) is 52.4 Å². The van der Waals surface area contributed by atoms with E-state index in [0.29, 0.717) is 6.42 Å². The molecule has 2 N–H and O–H groups in total. The van der Waals surface area contributed by atoms with Gasteiger partial charge in [-0.3, -0.25) is 0 Å². The fourth-order valence-electron chi connectivity index (χ4n) is 1.68. The van der Waals surface area contributed by atoms with Crippen molar-refractivity contribution in [2.24, 2.45) is 5.73 Å². The van der Waals surface area contributed by atoms with Crippen molar-refractivity contribution in [2.75, 3.05) is 7.11 Å². The monoisotopic (exact) mass is 295 g/mol. The van der Waals surface area contributed by atoms with Gasteiger partial charge in [0.25, 0.3) is 0 Å². The number of ether oxygens (including phenoxy) is 1. The fourth-order valence-corrected chi connectivity index (χ4v) is 2.23. The Labute approximate surface area is 109 Å². The van der Waals surface area contributed by atoms with E-state index >= 15 is 0 Å². The largest absolute Gasteiger partial charge is 0.496 e. The van der Waals surface area contributed by atoms with Crippen LogP contribution >= 0.6 is 15.9 Å². The Kier molecular flexibility index (Phi) is 3.86. The van der Waals surface area contributed by atoms with Crippen LogP contribution in [-0.2, 0) is 6.42 Å². The standard InChI is InChI=1S/C13H14BrNO2/c1-16-13-5-4-9(7-11(13)14)12(15)8-10-3-2-6-17-10/h2-7,12H,8,15H2,1H3. The summed E-state index contributed by atoms with van der Waals surface area (Å²) in [5, 5.41) is 0. The molecule has 0 saturated carbocycles. The molecule has 0 spiro atoms. The molecule has 0 aliphatic carbocycles. The van der Waals surface area contributed by atoms with Crippen LogP contribution in [0.1, 0.15) is 17.4 Å². The highest BCUT2D eigenvalue weighted by atomic mass is 79.9. The molecule has 0 bridgehead atoms. The molecule has 0 amide bonds. The summed E-state index contributed by atoms with van der Waals surface area (Å²) in [6.45, 7) is 0. The molecule has 90 valence electrons. The normalized spacial score (nSPS) is 12.4. The maximum atomic E-state index is 6.12. The highest BCUT2D eigenvalue weighted by Crippen LogP contribution is 2.28. The Morgan fingerprint density at radius 1 is 1.41 bits per heavy atom. The molecule has 1 aromatic carbocycles. The van der Waals surface area contributed by atoms with Gasteiger partial charge in [0, 0.05) is 12.5 Å². The van der Waals surface area contributed by atoms with Gasteiger partial charge in [-0.05, 0) is 45.8 Å². The van der Waals surface area contributed by atoms with Crippen LogP contribution in [0.3, 0.4) is 0 Å². The van der Waals surface area contributed by atoms with Crippen molar-refractivity contribution < 1.29 is 9.15 Å². The zero-order valence-electron chi connectivity index (χ0n) is 9.52. The first-order valence-electron chi connectivity index (χ1n) is 5.32.